The van der Waals surface area contributed by atoms with Crippen molar-refractivity contribution in [1.29, 1.82) is 0 Å². The first-order chi connectivity index (χ1) is 14.6. The predicted octanol–water partition coefficient (Wildman–Crippen LogP) is 3.96. The zero-order valence-corrected chi connectivity index (χ0v) is 18.1. The van der Waals surface area contributed by atoms with Crippen molar-refractivity contribution in [3.63, 3.8) is 0 Å². The molecule has 1 aliphatic rings. The molecule has 0 bridgehead atoms. The lowest BCUT2D eigenvalue weighted by molar-refractivity contribution is -0.127. The number of hydrogen-bond donors (Lipinski definition) is 0. The molecule has 3 aromatic rings. The van der Waals surface area contributed by atoms with Gasteiger partial charge in [-0.05, 0) is 49.2 Å². The summed E-state index contributed by atoms with van der Waals surface area (Å²) in [5.74, 6) is 1.86. The maximum atomic E-state index is 12.5. The third-order valence-corrected chi connectivity index (χ3v) is 5.94. The number of likely N-dealkylation sites (N-methyl/N-ethyl adjacent to an activating group) is 1. The fourth-order valence-electron chi connectivity index (χ4n) is 2.92. The van der Waals surface area contributed by atoms with Gasteiger partial charge in [0.15, 0.2) is 11.0 Å². The highest BCUT2D eigenvalue weighted by Gasteiger charge is 2.30. The van der Waals surface area contributed by atoms with Gasteiger partial charge in [0.2, 0.25) is 5.91 Å². The van der Waals surface area contributed by atoms with Gasteiger partial charge in [-0.25, -0.2) is 0 Å². The third-order valence-electron chi connectivity index (χ3n) is 4.76. The summed E-state index contributed by atoms with van der Waals surface area (Å²) in [5, 5.41) is 10.1. The molecular formula is C21H22ClN5O2S. The number of halogens is 1. The molecule has 0 aliphatic heterocycles. The smallest absolute Gasteiger partial charge is 0.232 e. The van der Waals surface area contributed by atoms with E-state index in [1.807, 2.05) is 24.3 Å². The quantitative estimate of drug-likeness (QED) is 0.466. The number of carbonyl (C=O) groups is 1. The minimum Gasteiger partial charge on any atom is -0.492 e. The third kappa shape index (κ3) is 5.12. The number of nitrogens with zero attached hydrogens (tertiary/aromatic N) is 5. The molecule has 0 spiro atoms. The van der Waals surface area contributed by atoms with E-state index in [2.05, 4.69) is 19.7 Å². The fraction of sp³-hybridized carbons (Fsp3) is 0.333. The molecular weight excluding hydrogens is 422 g/mol. The Morgan fingerprint density at radius 2 is 2.07 bits per heavy atom. The molecule has 1 fully saturated rings. The molecule has 4 rings (SSSR count). The first-order valence-electron chi connectivity index (χ1n) is 9.72. The molecule has 1 aromatic carbocycles. The van der Waals surface area contributed by atoms with Crippen LogP contribution in [0.1, 0.15) is 18.9 Å². The summed E-state index contributed by atoms with van der Waals surface area (Å²) in [5.41, 5.74) is 0.937. The highest BCUT2D eigenvalue weighted by molar-refractivity contribution is 7.99. The summed E-state index contributed by atoms with van der Waals surface area (Å²) in [7, 11) is 1.78. The Bertz CT molecular complexity index is 992. The van der Waals surface area contributed by atoms with Gasteiger partial charge < -0.3 is 9.64 Å². The summed E-state index contributed by atoms with van der Waals surface area (Å²) in [6.45, 7) is 0.913. The number of carbonyl (C=O) groups excluding carboxylic acids is 1. The summed E-state index contributed by atoms with van der Waals surface area (Å²) in [6.07, 6.45) is 5.74. The van der Waals surface area contributed by atoms with Gasteiger partial charge in [-0.3, -0.25) is 14.3 Å². The van der Waals surface area contributed by atoms with Crippen LogP contribution in [0.25, 0.3) is 11.4 Å². The largest absolute Gasteiger partial charge is 0.492 e. The zero-order chi connectivity index (χ0) is 20.9. The summed E-state index contributed by atoms with van der Waals surface area (Å²) >= 11 is 7.29. The number of aromatic nitrogens is 4. The lowest BCUT2D eigenvalue weighted by Crippen LogP contribution is -2.32. The topological polar surface area (TPSA) is 73.1 Å². The first-order valence-corrected chi connectivity index (χ1v) is 11.1. The van der Waals surface area contributed by atoms with Crippen LogP contribution >= 0.6 is 23.4 Å². The highest BCUT2D eigenvalue weighted by atomic mass is 35.5. The minimum atomic E-state index is 0.0213. The van der Waals surface area contributed by atoms with E-state index in [1.54, 1.807) is 36.5 Å². The Kier molecular flexibility index (Phi) is 6.54. The normalized spacial score (nSPS) is 13.3. The second kappa shape index (κ2) is 9.49. The molecule has 0 unspecified atom stereocenters. The average molecular weight is 444 g/mol. The van der Waals surface area contributed by atoms with Crippen LogP contribution in [0.3, 0.4) is 0 Å². The van der Waals surface area contributed by atoms with Gasteiger partial charge in [0.25, 0.3) is 0 Å². The number of rotatable bonds is 9. The van der Waals surface area contributed by atoms with Crippen molar-refractivity contribution in [2.45, 2.75) is 24.0 Å². The van der Waals surface area contributed by atoms with Crippen LogP contribution in [-0.2, 0) is 4.79 Å². The van der Waals surface area contributed by atoms with Crippen LogP contribution in [0.4, 0.5) is 0 Å². The zero-order valence-electron chi connectivity index (χ0n) is 16.6. The van der Waals surface area contributed by atoms with E-state index < -0.39 is 0 Å². The van der Waals surface area contributed by atoms with E-state index in [0.29, 0.717) is 30.0 Å². The van der Waals surface area contributed by atoms with Gasteiger partial charge in [-0.2, -0.15) is 0 Å². The van der Waals surface area contributed by atoms with Gasteiger partial charge >= 0.3 is 0 Å². The molecule has 0 atom stereocenters. The maximum absolute atomic E-state index is 12.5. The molecule has 30 heavy (non-hydrogen) atoms. The molecule has 156 valence electrons. The molecule has 1 amide bonds. The molecule has 2 heterocycles. The number of thioether (sulfide) groups is 1. The van der Waals surface area contributed by atoms with Gasteiger partial charge in [0.05, 0.1) is 12.3 Å². The van der Waals surface area contributed by atoms with Crippen molar-refractivity contribution in [3.05, 3.63) is 53.8 Å². The van der Waals surface area contributed by atoms with Crippen LogP contribution in [0.15, 0.2) is 53.9 Å². The average Bonchev–Trinajstić information content (AvgIpc) is 3.52. The van der Waals surface area contributed by atoms with E-state index >= 15 is 0 Å². The lowest BCUT2D eigenvalue weighted by Gasteiger charge is -2.17. The first kappa shape index (κ1) is 20.7. The van der Waals surface area contributed by atoms with Crippen LogP contribution in [0.2, 0.25) is 5.02 Å². The van der Waals surface area contributed by atoms with Crippen LogP contribution in [0.5, 0.6) is 5.75 Å². The monoisotopic (exact) mass is 443 g/mol. The van der Waals surface area contributed by atoms with Crippen molar-refractivity contribution >= 4 is 29.3 Å². The van der Waals surface area contributed by atoms with Crippen LogP contribution in [0, 0.1) is 0 Å². The number of amides is 1. The van der Waals surface area contributed by atoms with Crippen molar-refractivity contribution in [3.8, 4) is 17.1 Å². The van der Waals surface area contributed by atoms with E-state index in [4.69, 9.17) is 16.3 Å². The molecule has 2 aromatic heterocycles. The van der Waals surface area contributed by atoms with Gasteiger partial charge in [0.1, 0.15) is 12.4 Å². The maximum Gasteiger partial charge on any atom is 0.232 e. The SMILES string of the molecule is CN(CCOc1ccc(Cl)cc1)C(=O)CSc1nnc(-c2cccnc2)n1C1CC1. The van der Waals surface area contributed by atoms with Crippen molar-refractivity contribution in [2.24, 2.45) is 0 Å². The number of benzene rings is 1. The standard InChI is InChI=1S/C21H22ClN5O2S/c1-26(11-12-29-18-8-4-16(22)5-9-18)19(28)14-30-21-25-24-20(27(21)17-6-7-17)15-3-2-10-23-13-15/h2-5,8-10,13,17H,6-7,11-12,14H2,1H3. The van der Waals surface area contributed by atoms with Gasteiger partial charge in [0, 0.05) is 36.1 Å². The second-order valence-corrected chi connectivity index (χ2v) is 8.43. The summed E-state index contributed by atoms with van der Waals surface area (Å²) in [4.78, 5) is 18.4. The number of pyridine rings is 1. The fourth-order valence-corrected chi connectivity index (χ4v) is 3.99. The van der Waals surface area contributed by atoms with Crippen LogP contribution < -0.4 is 4.74 Å². The van der Waals surface area contributed by atoms with Crippen LogP contribution in [-0.4, -0.2) is 56.5 Å². The Balaban J connectivity index is 1.31. The number of hydrogen-bond acceptors (Lipinski definition) is 6. The van der Waals surface area contributed by atoms with Gasteiger partial charge in [-0.1, -0.05) is 23.4 Å². The Morgan fingerprint density at radius 1 is 1.27 bits per heavy atom. The van der Waals surface area contributed by atoms with Crippen molar-refractivity contribution in [1.82, 2.24) is 24.6 Å². The Hall–Kier alpha value is -2.58. The molecule has 9 heteroatoms. The summed E-state index contributed by atoms with van der Waals surface area (Å²) in [6, 6.07) is 11.4. The summed E-state index contributed by atoms with van der Waals surface area (Å²) < 4.78 is 7.80. The lowest BCUT2D eigenvalue weighted by atomic mass is 10.3. The minimum absolute atomic E-state index is 0.0213. The van der Waals surface area contributed by atoms with Crippen molar-refractivity contribution in [2.75, 3.05) is 26.0 Å². The van der Waals surface area contributed by atoms with Gasteiger partial charge in [-0.15, -0.1) is 10.2 Å². The molecule has 0 N–H and O–H groups in total. The van der Waals surface area contributed by atoms with E-state index in [9.17, 15) is 4.79 Å². The molecule has 0 saturated heterocycles. The molecule has 1 saturated carbocycles. The molecule has 0 radical (unpaired) electrons. The Morgan fingerprint density at radius 3 is 2.77 bits per heavy atom. The molecule has 1 aliphatic carbocycles. The Labute approximate surface area is 184 Å². The predicted molar refractivity (Wildman–Crippen MR) is 117 cm³/mol. The van der Waals surface area contributed by atoms with E-state index in [-0.39, 0.29) is 5.91 Å². The second-order valence-electron chi connectivity index (χ2n) is 7.06. The van der Waals surface area contributed by atoms with Crippen molar-refractivity contribution < 1.29 is 9.53 Å². The van der Waals surface area contributed by atoms with E-state index in [0.717, 1.165) is 35.1 Å². The molecule has 7 nitrogen and oxygen atoms in total. The number of ether oxygens (including phenoxy) is 1. The van der Waals surface area contributed by atoms with E-state index in [1.165, 1.54) is 11.8 Å². The highest BCUT2D eigenvalue weighted by Crippen LogP contribution is 2.40.